The Labute approximate surface area is 157 Å². The summed E-state index contributed by atoms with van der Waals surface area (Å²) in [5, 5.41) is 2.83. The number of imide groups is 1. The second-order valence-corrected chi connectivity index (χ2v) is 6.75. The Hall–Kier alpha value is -2.91. The molecule has 27 heavy (non-hydrogen) atoms. The normalized spacial score (nSPS) is 18.2. The van der Waals surface area contributed by atoms with Crippen LogP contribution in [0.25, 0.3) is 0 Å². The van der Waals surface area contributed by atoms with Gasteiger partial charge in [-0.05, 0) is 18.8 Å². The van der Waals surface area contributed by atoms with Gasteiger partial charge in [0, 0.05) is 38.9 Å². The molecule has 1 aromatic heterocycles. The molecule has 146 valence electrons. The molecule has 1 aromatic rings. The largest absolute Gasteiger partial charge is 0.481 e. The number of ether oxygens (including phenoxy) is 1. The van der Waals surface area contributed by atoms with Crippen LogP contribution in [0.15, 0.2) is 12.3 Å². The molecule has 2 saturated heterocycles. The van der Waals surface area contributed by atoms with Gasteiger partial charge in [0.05, 0.1) is 7.11 Å². The van der Waals surface area contributed by atoms with Crippen molar-refractivity contribution in [2.75, 3.05) is 51.8 Å². The van der Waals surface area contributed by atoms with Crippen LogP contribution < -0.4 is 15.0 Å². The number of urea groups is 1. The Morgan fingerprint density at radius 2 is 2.07 bits per heavy atom. The number of likely N-dealkylation sites (N-methyl/N-ethyl adjacent to an activating group) is 1. The summed E-state index contributed by atoms with van der Waals surface area (Å²) in [6, 6.07) is 1.28. The van der Waals surface area contributed by atoms with E-state index in [2.05, 4.69) is 20.2 Å². The number of carbonyl (C=O) groups is 3. The number of piperidine rings is 1. The fourth-order valence-corrected chi connectivity index (χ4v) is 3.22. The van der Waals surface area contributed by atoms with Crippen molar-refractivity contribution in [2.45, 2.75) is 12.8 Å². The van der Waals surface area contributed by atoms with Gasteiger partial charge in [-0.1, -0.05) is 0 Å². The minimum Gasteiger partial charge on any atom is -0.481 e. The van der Waals surface area contributed by atoms with Crippen LogP contribution in [0.2, 0.25) is 0 Å². The van der Waals surface area contributed by atoms with Crippen molar-refractivity contribution in [3.8, 4) is 5.88 Å². The van der Waals surface area contributed by atoms with Gasteiger partial charge < -0.3 is 19.9 Å². The summed E-state index contributed by atoms with van der Waals surface area (Å²) in [5.74, 6) is 0.858. The van der Waals surface area contributed by atoms with Gasteiger partial charge in [-0.25, -0.2) is 9.78 Å². The molecule has 2 aliphatic heterocycles. The lowest BCUT2D eigenvalue weighted by atomic mass is 9.97. The van der Waals surface area contributed by atoms with Crippen LogP contribution in [0.5, 0.6) is 5.88 Å². The first-order valence-corrected chi connectivity index (χ1v) is 8.92. The third kappa shape index (κ3) is 4.44. The van der Waals surface area contributed by atoms with Gasteiger partial charge >= 0.3 is 6.03 Å². The SMILES string of the molecule is COc1ccnc(N2CCC(CNC(=O)CN3C(=O)CN(C)C3=O)CC2)n1. The number of amides is 4. The highest BCUT2D eigenvalue weighted by Crippen LogP contribution is 2.21. The first-order chi connectivity index (χ1) is 13.0. The van der Waals surface area contributed by atoms with Gasteiger partial charge in [0.2, 0.25) is 17.7 Å². The number of hydrogen-bond donors (Lipinski definition) is 1. The number of rotatable bonds is 6. The average Bonchev–Trinajstić information content (AvgIpc) is 2.93. The molecule has 2 fully saturated rings. The van der Waals surface area contributed by atoms with Crippen LogP contribution in [-0.2, 0) is 9.59 Å². The highest BCUT2D eigenvalue weighted by molar-refractivity contribution is 6.04. The molecule has 0 radical (unpaired) electrons. The first kappa shape index (κ1) is 18.9. The van der Waals surface area contributed by atoms with Crippen LogP contribution in [-0.4, -0.2) is 84.5 Å². The van der Waals surface area contributed by atoms with Crippen LogP contribution in [0.4, 0.5) is 10.7 Å². The van der Waals surface area contributed by atoms with Crippen LogP contribution in [0.3, 0.4) is 0 Å². The molecule has 3 rings (SSSR count). The summed E-state index contributed by atoms with van der Waals surface area (Å²) in [6.45, 7) is 1.91. The molecule has 0 aliphatic carbocycles. The Balaban J connectivity index is 1.42. The third-order valence-electron chi connectivity index (χ3n) is 4.84. The predicted molar refractivity (Wildman–Crippen MR) is 96.3 cm³/mol. The van der Waals surface area contributed by atoms with E-state index < -0.39 is 6.03 Å². The van der Waals surface area contributed by atoms with Crippen molar-refractivity contribution in [1.29, 1.82) is 0 Å². The monoisotopic (exact) mass is 376 g/mol. The first-order valence-electron chi connectivity index (χ1n) is 8.92. The molecular formula is C17H24N6O4. The zero-order valence-electron chi connectivity index (χ0n) is 15.6. The Bertz CT molecular complexity index is 719. The number of hydrogen-bond acceptors (Lipinski definition) is 7. The molecule has 0 bridgehead atoms. The predicted octanol–water partition coefficient (Wildman–Crippen LogP) is -0.288. The molecule has 4 amide bonds. The fourth-order valence-electron chi connectivity index (χ4n) is 3.22. The maximum absolute atomic E-state index is 12.1. The highest BCUT2D eigenvalue weighted by atomic mass is 16.5. The average molecular weight is 376 g/mol. The van der Waals surface area contributed by atoms with Crippen molar-refractivity contribution in [2.24, 2.45) is 5.92 Å². The smallest absolute Gasteiger partial charge is 0.327 e. The highest BCUT2D eigenvalue weighted by Gasteiger charge is 2.34. The van der Waals surface area contributed by atoms with E-state index in [4.69, 9.17) is 4.74 Å². The molecule has 2 aliphatic rings. The summed E-state index contributed by atoms with van der Waals surface area (Å²) in [6.07, 6.45) is 3.46. The Morgan fingerprint density at radius 1 is 1.33 bits per heavy atom. The second kappa shape index (κ2) is 8.19. The van der Waals surface area contributed by atoms with E-state index in [-0.39, 0.29) is 24.9 Å². The molecule has 10 nitrogen and oxygen atoms in total. The summed E-state index contributed by atoms with van der Waals surface area (Å²) < 4.78 is 5.13. The molecular weight excluding hydrogens is 352 g/mol. The van der Waals surface area contributed by atoms with Gasteiger partial charge in [-0.3, -0.25) is 14.5 Å². The van der Waals surface area contributed by atoms with E-state index in [1.807, 2.05) is 0 Å². The maximum Gasteiger partial charge on any atom is 0.327 e. The molecule has 0 atom stereocenters. The fraction of sp³-hybridized carbons (Fsp3) is 0.588. The number of carbonyl (C=O) groups excluding carboxylic acids is 3. The minimum absolute atomic E-state index is 0.0247. The Morgan fingerprint density at radius 3 is 2.70 bits per heavy atom. The number of methoxy groups -OCH3 is 1. The molecule has 0 unspecified atom stereocenters. The van der Waals surface area contributed by atoms with Gasteiger partial charge in [-0.2, -0.15) is 4.98 Å². The quantitative estimate of drug-likeness (QED) is 0.680. The topological polar surface area (TPSA) is 108 Å². The van der Waals surface area contributed by atoms with E-state index >= 15 is 0 Å². The lowest BCUT2D eigenvalue weighted by molar-refractivity contribution is -0.130. The van der Waals surface area contributed by atoms with Gasteiger partial charge in [0.15, 0.2) is 0 Å². The van der Waals surface area contributed by atoms with Gasteiger partial charge in [0.25, 0.3) is 5.91 Å². The lowest BCUT2D eigenvalue weighted by Gasteiger charge is -2.32. The van der Waals surface area contributed by atoms with Crippen LogP contribution in [0, 0.1) is 5.92 Å². The summed E-state index contributed by atoms with van der Waals surface area (Å²) in [4.78, 5) is 48.6. The van der Waals surface area contributed by atoms with Crippen molar-refractivity contribution < 1.29 is 19.1 Å². The van der Waals surface area contributed by atoms with Crippen molar-refractivity contribution in [3.05, 3.63) is 12.3 Å². The van der Waals surface area contributed by atoms with Crippen molar-refractivity contribution in [1.82, 2.24) is 25.1 Å². The van der Waals surface area contributed by atoms with E-state index in [0.717, 1.165) is 30.8 Å². The van der Waals surface area contributed by atoms with Gasteiger partial charge in [-0.15, -0.1) is 0 Å². The zero-order chi connectivity index (χ0) is 19.4. The second-order valence-electron chi connectivity index (χ2n) is 6.75. The Kier molecular flexibility index (Phi) is 5.72. The summed E-state index contributed by atoms with van der Waals surface area (Å²) in [7, 11) is 3.11. The van der Waals surface area contributed by atoms with E-state index in [1.165, 1.54) is 11.9 Å². The van der Waals surface area contributed by atoms with E-state index in [0.29, 0.717) is 24.3 Å². The van der Waals surface area contributed by atoms with E-state index in [9.17, 15) is 14.4 Å². The summed E-state index contributed by atoms with van der Waals surface area (Å²) >= 11 is 0. The number of nitrogens with zero attached hydrogens (tertiary/aromatic N) is 5. The number of anilines is 1. The minimum atomic E-state index is -0.429. The lowest BCUT2D eigenvalue weighted by Crippen LogP contribution is -2.44. The molecule has 1 N–H and O–H groups in total. The van der Waals surface area contributed by atoms with Crippen molar-refractivity contribution >= 4 is 23.8 Å². The summed E-state index contributed by atoms with van der Waals surface area (Å²) in [5.41, 5.74) is 0. The standard InChI is InChI=1S/C17H24N6O4/c1-21-11-15(25)23(17(21)26)10-13(24)19-9-12-4-7-22(8-5-12)16-18-6-3-14(20-16)27-2/h3,6,12H,4-5,7-11H2,1-2H3,(H,19,24). The van der Waals surface area contributed by atoms with Crippen LogP contribution in [0.1, 0.15) is 12.8 Å². The molecule has 0 saturated carbocycles. The third-order valence-corrected chi connectivity index (χ3v) is 4.84. The number of nitrogens with one attached hydrogen (secondary N) is 1. The van der Waals surface area contributed by atoms with Crippen molar-refractivity contribution in [3.63, 3.8) is 0 Å². The maximum atomic E-state index is 12.1. The van der Waals surface area contributed by atoms with Crippen LogP contribution >= 0.6 is 0 Å². The van der Waals surface area contributed by atoms with E-state index in [1.54, 1.807) is 19.4 Å². The molecule has 0 aromatic carbocycles. The zero-order valence-corrected chi connectivity index (χ0v) is 15.6. The molecule has 0 spiro atoms. The van der Waals surface area contributed by atoms with Gasteiger partial charge in [0.1, 0.15) is 13.1 Å². The molecule has 10 heteroatoms. The molecule has 3 heterocycles. The number of aromatic nitrogens is 2.